The van der Waals surface area contributed by atoms with Crippen molar-refractivity contribution in [2.45, 2.75) is 50.0 Å². The summed E-state index contributed by atoms with van der Waals surface area (Å²) in [5, 5.41) is 5.84. The van der Waals surface area contributed by atoms with Gasteiger partial charge in [0.15, 0.2) is 0 Å². The maximum Gasteiger partial charge on any atom is 0.264 e. The fourth-order valence-corrected chi connectivity index (χ4v) is 5.99. The molecule has 36 heavy (non-hydrogen) atoms. The van der Waals surface area contributed by atoms with Crippen molar-refractivity contribution in [1.29, 1.82) is 0 Å². The van der Waals surface area contributed by atoms with Crippen LogP contribution in [0, 0.1) is 6.92 Å². The van der Waals surface area contributed by atoms with Gasteiger partial charge in [-0.1, -0.05) is 67.8 Å². The highest BCUT2D eigenvalue weighted by Crippen LogP contribution is 2.27. The van der Waals surface area contributed by atoms with E-state index in [9.17, 15) is 18.0 Å². The third-order valence-corrected chi connectivity index (χ3v) is 8.16. The number of hydrogen-bond donors (Lipinski definition) is 2. The summed E-state index contributed by atoms with van der Waals surface area (Å²) >= 11 is 0. The standard InChI is InChI=1S/C28H31N3O4S/c1-21-12-8-11-19-26(21)31(36(34,35)23-15-6-3-7-16-23)20-27(32)30-25-18-10-9-17-24(25)28(33)29-22-13-4-2-5-14-22/h3,6-12,15-19,22H,2,4-5,13-14,20H2,1H3,(H,29,33)(H,30,32). The number of hydrogen-bond acceptors (Lipinski definition) is 4. The van der Waals surface area contributed by atoms with Crippen LogP contribution in [0.5, 0.6) is 0 Å². The van der Waals surface area contributed by atoms with E-state index >= 15 is 0 Å². The number of carbonyl (C=O) groups is 2. The van der Waals surface area contributed by atoms with Crippen LogP contribution in [0.3, 0.4) is 0 Å². The molecule has 1 aliphatic carbocycles. The molecular weight excluding hydrogens is 474 g/mol. The van der Waals surface area contributed by atoms with Crippen molar-refractivity contribution in [1.82, 2.24) is 5.32 Å². The molecule has 1 fully saturated rings. The first-order chi connectivity index (χ1) is 17.4. The summed E-state index contributed by atoms with van der Waals surface area (Å²) in [7, 11) is -4.02. The lowest BCUT2D eigenvalue weighted by Crippen LogP contribution is -2.39. The van der Waals surface area contributed by atoms with Gasteiger partial charge in [0.2, 0.25) is 5.91 Å². The summed E-state index contributed by atoms with van der Waals surface area (Å²) in [4.78, 5) is 26.3. The van der Waals surface area contributed by atoms with Crippen LogP contribution >= 0.6 is 0 Å². The van der Waals surface area contributed by atoms with Crippen molar-refractivity contribution in [2.24, 2.45) is 0 Å². The lowest BCUT2D eigenvalue weighted by Gasteiger charge is -2.26. The maximum atomic E-state index is 13.6. The minimum absolute atomic E-state index is 0.0910. The molecule has 0 atom stereocenters. The van der Waals surface area contributed by atoms with Gasteiger partial charge in [0.25, 0.3) is 15.9 Å². The molecule has 4 rings (SSSR count). The molecule has 0 bridgehead atoms. The lowest BCUT2D eigenvalue weighted by molar-refractivity contribution is -0.114. The number of nitrogens with zero attached hydrogens (tertiary/aromatic N) is 1. The molecule has 8 heteroatoms. The van der Waals surface area contributed by atoms with E-state index in [2.05, 4.69) is 10.6 Å². The summed E-state index contributed by atoms with van der Waals surface area (Å²) in [6.07, 6.45) is 5.26. The Kier molecular flexibility index (Phi) is 8.05. The number of carbonyl (C=O) groups excluding carboxylic acids is 2. The van der Waals surface area contributed by atoms with Crippen molar-refractivity contribution >= 4 is 33.2 Å². The smallest absolute Gasteiger partial charge is 0.264 e. The second-order valence-corrected chi connectivity index (χ2v) is 10.9. The third-order valence-electron chi connectivity index (χ3n) is 6.39. The molecule has 0 aliphatic heterocycles. The SMILES string of the molecule is Cc1ccccc1N(CC(=O)Nc1ccccc1C(=O)NC1CCCCC1)S(=O)(=O)c1ccccc1. The zero-order valence-corrected chi connectivity index (χ0v) is 21.1. The Hall–Kier alpha value is -3.65. The van der Waals surface area contributed by atoms with Gasteiger partial charge in [0, 0.05) is 6.04 Å². The van der Waals surface area contributed by atoms with Crippen molar-refractivity contribution in [3.63, 3.8) is 0 Å². The molecule has 0 radical (unpaired) electrons. The first kappa shape index (κ1) is 25.4. The van der Waals surface area contributed by atoms with Crippen LogP contribution in [-0.4, -0.2) is 32.8 Å². The van der Waals surface area contributed by atoms with E-state index in [0.717, 1.165) is 35.6 Å². The molecule has 7 nitrogen and oxygen atoms in total. The van der Waals surface area contributed by atoms with Crippen LogP contribution in [0.4, 0.5) is 11.4 Å². The molecule has 1 aliphatic rings. The Morgan fingerprint density at radius 1 is 0.861 bits per heavy atom. The minimum Gasteiger partial charge on any atom is -0.349 e. The van der Waals surface area contributed by atoms with E-state index in [4.69, 9.17) is 0 Å². The van der Waals surface area contributed by atoms with Gasteiger partial charge in [-0.05, 0) is 55.7 Å². The Morgan fingerprint density at radius 2 is 1.50 bits per heavy atom. The fourth-order valence-electron chi connectivity index (χ4n) is 4.48. The number of amides is 2. The van der Waals surface area contributed by atoms with E-state index in [0.29, 0.717) is 16.9 Å². The number of nitrogens with one attached hydrogen (secondary N) is 2. The third kappa shape index (κ3) is 5.94. The summed E-state index contributed by atoms with van der Waals surface area (Å²) < 4.78 is 28.2. The van der Waals surface area contributed by atoms with Crippen molar-refractivity contribution in [3.05, 3.63) is 90.0 Å². The van der Waals surface area contributed by atoms with Crippen LogP contribution in [0.15, 0.2) is 83.8 Å². The lowest BCUT2D eigenvalue weighted by atomic mass is 9.95. The zero-order chi connectivity index (χ0) is 25.5. The van der Waals surface area contributed by atoms with Gasteiger partial charge in [0.05, 0.1) is 21.8 Å². The molecule has 2 N–H and O–H groups in total. The average Bonchev–Trinajstić information content (AvgIpc) is 2.89. The quantitative estimate of drug-likeness (QED) is 0.456. The van der Waals surface area contributed by atoms with E-state index < -0.39 is 22.5 Å². The number of rotatable bonds is 8. The normalized spacial score (nSPS) is 14.1. The molecule has 0 saturated heterocycles. The van der Waals surface area contributed by atoms with Crippen LogP contribution in [0.25, 0.3) is 0 Å². The summed E-state index contributed by atoms with van der Waals surface area (Å²) in [5.41, 5.74) is 1.83. The molecule has 1 saturated carbocycles. The highest BCUT2D eigenvalue weighted by atomic mass is 32.2. The van der Waals surface area contributed by atoms with Crippen molar-refractivity contribution < 1.29 is 18.0 Å². The van der Waals surface area contributed by atoms with E-state index in [-0.39, 0.29) is 16.8 Å². The van der Waals surface area contributed by atoms with Gasteiger partial charge in [-0.3, -0.25) is 13.9 Å². The second kappa shape index (κ2) is 11.4. The number of para-hydroxylation sites is 2. The molecule has 188 valence electrons. The molecule has 2 amide bonds. The van der Waals surface area contributed by atoms with Crippen molar-refractivity contribution in [2.75, 3.05) is 16.2 Å². The molecule has 3 aromatic carbocycles. The Bertz CT molecular complexity index is 1320. The highest BCUT2D eigenvalue weighted by Gasteiger charge is 2.28. The van der Waals surface area contributed by atoms with Gasteiger partial charge in [0.1, 0.15) is 6.54 Å². The molecule has 0 aromatic heterocycles. The van der Waals surface area contributed by atoms with Gasteiger partial charge in [-0.25, -0.2) is 8.42 Å². The van der Waals surface area contributed by atoms with E-state index in [1.807, 2.05) is 6.07 Å². The molecule has 0 heterocycles. The van der Waals surface area contributed by atoms with Crippen LogP contribution in [0.2, 0.25) is 0 Å². The predicted octanol–water partition coefficient (Wildman–Crippen LogP) is 4.89. The molecular formula is C28H31N3O4S. The molecule has 0 spiro atoms. The van der Waals surface area contributed by atoms with Crippen LogP contribution in [0.1, 0.15) is 48.0 Å². The predicted molar refractivity (Wildman–Crippen MR) is 142 cm³/mol. The summed E-state index contributed by atoms with van der Waals surface area (Å²) in [5.74, 6) is -0.791. The number of anilines is 2. The Morgan fingerprint density at radius 3 is 2.22 bits per heavy atom. The number of aryl methyl sites for hydroxylation is 1. The molecule has 3 aromatic rings. The van der Waals surface area contributed by atoms with Gasteiger partial charge in [-0.2, -0.15) is 0 Å². The van der Waals surface area contributed by atoms with Gasteiger partial charge in [-0.15, -0.1) is 0 Å². The highest BCUT2D eigenvalue weighted by molar-refractivity contribution is 7.92. The second-order valence-electron chi connectivity index (χ2n) is 9.01. The molecule has 0 unspecified atom stereocenters. The van der Waals surface area contributed by atoms with Crippen molar-refractivity contribution in [3.8, 4) is 0 Å². The van der Waals surface area contributed by atoms with E-state index in [1.165, 1.54) is 18.6 Å². The summed E-state index contributed by atoms with van der Waals surface area (Å²) in [6.45, 7) is 1.35. The monoisotopic (exact) mass is 505 g/mol. The zero-order valence-electron chi connectivity index (χ0n) is 20.3. The van der Waals surface area contributed by atoms with E-state index in [1.54, 1.807) is 67.6 Å². The maximum absolute atomic E-state index is 13.6. The fraction of sp³-hybridized carbons (Fsp3) is 0.286. The Labute approximate surface area is 212 Å². The minimum atomic E-state index is -4.02. The number of sulfonamides is 1. The average molecular weight is 506 g/mol. The first-order valence-electron chi connectivity index (χ1n) is 12.2. The van der Waals surface area contributed by atoms with Crippen LogP contribution < -0.4 is 14.9 Å². The summed E-state index contributed by atoms with van der Waals surface area (Å²) in [6, 6.07) is 22.0. The van der Waals surface area contributed by atoms with Crippen LogP contribution in [-0.2, 0) is 14.8 Å². The van der Waals surface area contributed by atoms with Gasteiger partial charge < -0.3 is 10.6 Å². The number of benzene rings is 3. The topological polar surface area (TPSA) is 95.6 Å². The first-order valence-corrected chi connectivity index (χ1v) is 13.6. The Balaban J connectivity index is 1.57. The largest absolute Gasteiger partial charge is 0.349 e. The van der Waals surface area contributed by atoms with Gasteiger partial charge >= 0.3 is 0 Å².